The fourth-order valence-corrected chi connectivity index (χ4v) is 3.61. The number of aromatic nitrogens is 2. The van der Waals surface area contributed by atoms with Gasteiger partial charge in [-0.15, -0.1) is 11.3 Å². The van der Waals surface area contributed by atoms with Crippen LogP contribution in [0.5, 0.6) is 5.88 Å². The van der Waals surface area contributed by atoms with Gasteiger partial charge in [0.15, 0.2) is 6.61 Å². The molecule has 2 heterocycles. The Kier molecular flexibility index (Phi) is 5.52. The van der Waals surface area contributed by atoms with Gasteiger partial charge in [0.05, 0.1) is 5.39 Å². The maximum absolute atomic E-state index is 12.5. The smallest absolute Gasteiger partial charge is 0.262 e. The van der Waals surface area contributed by atoms with E-state index < -0.39 is 0 Å². The topological polar surface area (TPSA) is 64.1 Å². The van der Waals surface area contributed by atoms with Gasteiger partial charge in [-0.25, -0.2) is 9.97 Å². The van der Waals surface area contributed by atoms with Crippen molar-refractivity contribution >= 4 is 33.1 Å². The zero-order valence-corrected chi connectivity index (χ0v) is 16.3. The van der Waals surface area contributed by atoms with E-state index in [1.54, 1.807) is 0 Å². The van der Waals surface area contributed by atoms with Crippen molar-refractivity contribution in [2.75, 3.05) is 11.9 Å². The van der Waals surface area contributed by atoms with Crippen molar-refractivity contribution in [1.82, 2.24) is 9.97 Å². The summed E-state index contributed by atoms with van der Waals surface area (Å²) in [6.45, 7) is 8.41. The van der Waals surface area contributed by atoms with Crippen LogP contribution in [-0.4, -0.2) is 22.5 Å². The number of nitrogens with zero attached hydrogens (tertiary/aromatic N) is 2. The second-order valence-corrected chi connectivity index (χ2v) is 7.67. The molecule has 0 aliphatic rings. The van der Waals surface area contributed by atoms with Crippen molar-refractivity contribution in [2.45, 2.75) is 39.5 Å². The minimum absolute atomic E-state index is 0.0913. The molecule has 136 valence electrons. The van der Waals surface area contributed by atoms with Crippen molar-refractivity contribution in [2.24, 2.45) is 0 Å². The van der Waals surface area contributed by atoms with Crippen molar-refractivity contribution in [3.63, 3.8) is 0 Å². The summed E-state index contributed by atoms with van der Waals surface area (Å²) in [5, 5.41) is 5.81. The van der Waals surface area contributed by atoms with Crippen LogP contribution in [0.3, 0.4) is 0 Å². The van der Waals surface area contributed by atoms with Crippen molar-refractivity contribution in [3.8, 4) is 5.88 Å². The Balaban J connectivity index is 1.77. The minimum Gasteiger partial charge on any atom is -0.467 e. The molecular weight excluding hydrogens is 346 g/mol. The number of rotatable bonds is 6. The minimum atomic E-state index is -0.193. The number of thiophene rings is 1. The number of ether oxygens (including phenoxy) is 1. The van der Waals surface area contributed by atoms with Crippen molar-refractivity contribution in [1.29, 1.82) is 0 Å². The summed E-state index contributed by atoms with van der Waals surface area (Å²) in [6, 6.07) is 8.07. The number of anilines is 1. The van der Waals surface area contributed by atoms with Gasteiger partial charge in [-0.3, -0.25) is 4.79 Å². The average Bonchev–Trinajstić information content (AvgIpc) is 3.09. The van der Waals surface area contributed by atoms with Crippen LogP contribution in [0.25, 0.3) is 10.2 Å². The average molecular weight is 369 g/mol. The summed E-state index contributed by atoms with van der Waals surface area (Å²) < 4.78 is 5.66. The van der Waals surface area contributed by atoms with Gasteiger partial charge in [0.25, 0.3) is 5.91 Å². The lowest BCUT2D eigenvalue weighted by molar-refractivity contribution is -0.118. The normalized spacial score (nSPS) is 11.3. The van der Waals surface area contributed by atoms with Gasteiger partial charge in [-0.05, 0) is 34.4 Å². The molecule has 3 aromatic rings. The molecule has 0 spiro atoms. The van der Waals surface area contributed by atoms with E-state index in [0.29, 0.717) is 17.7 Å². The fraction of sp³-hybridized carbons (Fsp3) is 0.350. The molecule has 0 aliphatic carbocycles. The first-order valence-corrected chi connectivity index (χ1v) is 9.59. The molecule has 0 radical (unpaired) electrons. The second kappa shape index (κ2) is 7.83. The number of nitrogens with one attached hydrogen (secondary N) is 1. The van der Waals surface area contributed by atoms with Crippen molar-refractivity contribution in [3.05, 3.63) is 47.1 Å². The Morgan fingerprint density at radius 1 is 1.12 bits per heavy atom. The third-order valence-corrected chi connectivity index (χ3v) is 5.02. The maximum Gasteiger partial charge on any atom is 0.262 e. The van der Waals surface area contributed by atoms with Gasteiger partial charge in [0, 0.05) is 5.69 Å². The summed E-state index contributed by atoms with van der Waals surface area (Å²) in [6.07, 6.45) is 1.46. The fourth-order valence-electron chi connectivity index (χ4n) is 2.89. The lowest BCUT2D eigenvalue weighted by Crippen LogP contribution is -2.22. The maximum atomic E-state index is 12.5. The SMILES string of the molecule is CC(C)c1cccc(C(C)C)c1NC(=O)COc1ncnc2sccc12. The Hall–Kier alpha value is -2.47. The molecule has 0 saturated heterocycles. The largest absolute Gasteiger partial charge is 0.467 e. The van der Waals surface area contributed by atoms with Crippen LogP contribution in [0.4, 0.5) is 5.69 Å². The van der Waals surface area contributed by atoms with E-state index in [-0.39, 0.29) is 12.5 Å². The van der Waals surface area contributed by atoms with Crippen LogP contribution in [0.15, 0.2) is 36.0 Å². The third-order valence-electron chi connectivity index (χ3n) is 4.20. The van der Waals surface area contributed by atoms with Gasteiger partial charge in [-0.2, -0.15) is 0 Å². The highest BCUT2D eigenvalue weighted by Crippen LogP contribution is 2.32. The number of amides is 1. The molecule has 3 rings (SSSR count). The highest BCUT2D eigenvalue weighted by Gasteiger charge is 2.16. The number of carbonyl (C=O) groups excluding carboxylic acids is 1. The first kappa shape index (κ1) is 18.3. The van der Waals surface area contributed by atoms with Gasteiger partial charge in [0.2, 0.25) is 5.88 Å². The molecule has 1 aromatic carbocycles. The van der Waals surface area contributed by atoms with E-state index in [1.807, 2.05) is 17.5 Å². The first-order chi connectivity index (χ1) is 12.5. The molecule has 1 N–H and O–H groups in total. The number of para-hydroxylation sites is 1. The molecule has 0 fully saturated rings. The van der Waals surface area contributed by atoms with Crippen LogP contribution in [0.1, 0.15) is 50.7 Å². The van der Waals surface area contributed by atoms with Crippen LogP contribution < -0.4 is 10.1 Å². The predicted molar refractivity (Wildman–Crippen MR) is 106 cm³/mol. The molecule has 5 nitrogen and oxygen atoms in total. The summed E-state index contributed by atoms with van der Waals surface area (Å²) in [5.41, 5.74) is 3.16. The van der Waals surface area contributed by atoms with E-state index in [2.05, 4.69) is 55.1 Å². The van der Waals surface area contributed by atoms with E-state index in [0.717, 1.165) is 27.0 Å². The zero-order valence-electron chi connectivity index (χ0n) is 15.4. The van der Waals surface area contributed by atoms with Gasteiger partial charge in [0.1, 0.15) is 11.2 Å². The zero-order chi connectivity index (χ0) is 18.7. The first-order valence-electron chi connectivity index (χ1n) is 8.71. The van der Waals surface area contributed by atoms with Crippen LogP contribution in [-0.2, 0) is 4.79 Å². The highest BCUT2D eigenvalue weighted by molar-refractivity contribution is 7.16. The molecule has 6 heteroatoms. The molecule has 1 amide bonds. The number of benzene rings is 1. The van der Waals surface area contributed by atoms with Gasteiger partial charge < -0.3 is 10.1 Å². The van der Waals surface area contributed by atoms with E-state index >= 15 is 0 Å². The summed E-state index contributed by atoms with van der Waals surface area (Å²) >= 11 is 1.52. The standard InChI is InChI=1S/C20H23N3O2S/c1-12(2)14-6-5-7-15(13(3)4)18(14)23-17(24)10-25-19-16-8-9-26-20(16)22-11-21-19/h5-9,11-13H,10H2,1-4H3,(H,23,24). The summed E-state index contributed by atoms with van der Waals surface area (Å²) in [5.74, 6) is 0.879. The van der Waals surface area contributed by atoms with E-state index in [4.69, 9.17) is 4.74 Å². The highest BCUT2D eigenvalue weighted by atomic mass is 32.1. The number of hydrogen-bond donors (Lipinski definition) is 1. The third kappa shape index (κ3) is 3.85. The monoisotopic (exact) mass is 369 g/mol. The number of hydrogen-bond acceptors (Lipinski definition) is 5. The molecule has 0 aliphatic heterocycles. The molecule has 0 atom stereocenters. The Labute approximate surface area is 157 Å². The summed E-state index contributed by atoms with van der Waals surface area (Å²) in [4.78, 5) is 21.7. The Morgan fingerprint density at radius 2 is 1.81 bits per heavy atom. The van der Waals surface area contributed by atoms with Gasteiger partial charge >= 0.3 is 0 Å². The molecule has 0 unspecified atom stereocenters. The predicted octanol–water partition coefficient (Wildman–Crippen LogP) is 4.96. The van der Waals surface area contributed by atoms with E-state index in [9.17, 15) is 4.79 Å². The lowest BCUT2D eigenvalue weighted by atomic mass is 9.92. The molecule has 26 heavy (non-hydrogen) atoms. The molecule has 0 saturated carbocycles. The molecule has 2 aromatic heterocycles. The quantitative estimate of drug-likeness (QED) is 0.667. The van der Waals surface area contributed by atoms with Crippen LogP contribution in [0, 0.1) is 0 Å². The second-order valence-electron chi connectivity index (χ2n) is 6.78. The van der Waals surface area contributed by atoms with Gasteiger partial charge in [-0.1, -0.05) is 45.9 Å². The number of fused-ring (bicyclic) bond motifs is 1. The summed E-state index contributed by atoms with van der Waals surface area (Å²) in [7, 11) is 0. The number of carbonyl (C=O) groups is 1. The van der Waals surface area contributed by atoms with Crippen LogP contribution >= 0.6 is 11.3 Å². The lowest BCUT2D eigenvalue weighted by Gasteiger charge is -2.20. The van der Waals surface area contributed by atoms with Crippen LogP contribution in [0.2, 0.25) is 0 Å². The Morgan fingerprint density at radius 3 is 2.46 bits per heavy atom. The molecule has 0 bridgehead atoms. The molecular formula is C20H23N3O2S. The van der Waals surface area contributed by atoms with Crippen molar-refractivity contribution < 1.29 is 9.53 Å². The Bertz CT molecular complexity index is 892. The van der Waals surface area contributed by atoms with E-state index in [1.165, 1.54) is 17.7 Å².